The van der Waals surface area contributed by atoms with E-state index >= 15 is 0 Å². The minimum absolute atomic E-state index is 0.581. The van der Waals surface area contributed by atoms with Crippen LogP contribution in [-0.4, -0.2) is 17.5 Å². The molecule has 2 N–H and O–H groups in total. The van der Waals surface area contributed by atoms with Crippen molar-refractivity contribution in [1.82, 2.24) is 4.90 Å². The Morgan fingerprint density at radius 2 is 2.05 bits per heavy atom. The number of anilines is 1. The summed E-state index contributed by atoms with van der Waals surface area (Å²) in [5.74, 6) is 0. The Morgan fingerprint density at radius 1 is 1.20 bits per heavy atom. The molecule has 2 nitrogen and oxygen atoms in total. The van der Waals surface area contributed by atoms with Crippen LogP contribution >= 0.6 is 11.3 Å². The van der Waals surface area contributed by atoms with Crippen LogP contribution in [0.5, 0.6) is 0 Å². The summed E-state index contributed by atoms with van der Waals surface area (Å²) in [5.41, 5.74) is 8.02. The quantitative estimate of drug-likeness (QED) is 0.775. The van der Waals surface area contributed by atoms with Gasteiger partial charge in [0.1, 0.15) is 0 Å². The molecule has 108 valence electrons. The van der Waals surface area contributed by atoms with Gasteiger partial charge in [0.15, 0.2) is 0 Å². The molecule has 3 heteroatoms. The summed E-state index contributed by atoms with van der Waals surface area (Å²) >= 11 is 1.84. The van der Waals surface area contributed by atoms with Crippen molar-refractivity contribution in [2.45, 2.75) is 39.3 Å². The third-order valence-electron chi connectivity index (χ3n) is 3.53. The zero-order valence-electron chi connectivity index (χ0n) is 12.4. The van der Waals surface area contributed by atoms with Gasteiger partial charge in [0, 0.05) is 23.2 Å². The fourth-order valence-corrected chi connectivity index (χ4v) is 3.09. The molecule has 0 saturated heterocycles. The highest BCUT2D eigenvalue weighted by Crippen LogP contribution is 2.15. The van der Waals surface area contributed by atoms with Gasteiger partial charge in [-0.05, 0) is 62.4 Å². The van der Waals surface area contributed by atoms with Crippen molar-refractivity contribution >= 4 is 17.0 Å². The van der Waals surface area contributed by atoms with Crippen LogP contribution in [0.4, 0.5) is 5.69 Å². The first kappa shape index (κ1) is 15.1. The van der Waals surface area contributed by atoms with Crippen LogP contribution in [-0.2, 0) is 13.0 Å². The molecule has 2 rings (SSSR count). The number of hydrogen-bond acceptors (Lipinski definition) is 3. The standard InChI is InChI=1S/C17H24N2S/c1-14(2)19(13-17-9-5-11-20-17)10-4-7-15-6-3-8-16(18)12-15/h3,5-6,8-9,11-12,14H,4,7,10,13,18H2,1-2H3. The summed E-state index contributed by atoms with van der Waals surface area (Å²) in [5, 5.41) is 2.15. The third-order valence-corrected chi connectivity index (χ3v) is 4.39. The normalized spacial score (nSPS) is 11.4. The monoisotopic (exact) mass is 288 g/mol. The number of aryl methyl sites for hydroxylation is 1. The van der Waals surface area contributed by atoms with E-state index in [9.17, 15) is 0 Å². The molecule has 1 heterocycles. The molecule has 0 radical (unpaired) electrons. The SMILES string of the molecule is CC(C)N(CCCc1cccc(N)c1)Cc1cccs1. The topological polar surface area (TPSA) is 29.3 Å². The minimum Gasteiger partial charge on any atom is -0.399 e. The lowest BCUT2D eigenvalue weighted by Gasteiger charge is -2.25. The molecule has 0 fully saturated rings. The summed E-state index contributed by atoms with van der Waals surface area (Å²) in [6.45, 7) is 6.73. The summed E-state index contributed by atoms with van der Waals surface area (Å²) in [4.78, 5) is 3.99. The molecule has 1 aromatic carbocycles. The molecule has 0 unspecified atom stereocenters. The highest BCUT2D eigenvalue weighted by Gasteiger charge is 2.10. The maximum Gasteiger partial charge on any atom is 0.0330 e. The van der Waals surface area contributed by atoms with E-state index in [2.05, 4.69) is 48.4 Å². The Bertz CT molecular complexity index is 505. The Morgan fingerprint density at radius 3 is 2.70 bits per heavy atom. The zero-order valence-corrected chi connectivity index (χ0v) is 13.2. The smallest absolute Gasteiger partial charge is 0.0330 e. The molecule has 0 saturated carbocycles. The second-order valence-corrected chi connectivity index (χ2v) is 6.52. The van der Waals surface area contributed by atoms with E-state index in [4.69, 9.17) is 5.73 Å². The molecule has 0 bridgehead atoms. The van der Waals surface area contributed by atoms with E-state index < -0.39 is 0 Å². The van der Waals surface area contributed by atoms with Crippen molar-refractivity contribution in [2.24, 2.45) is 0 Å². The average molecular weight is 288 g/mol. The number of benzene rings is 1. The fourth-order valence-electron chi connectivity index (χ4n) is 2.36. The molecule has 0 aliphatic rings. The lowest BCUT2D eigenvalue weighted by molar-refractivity contribution is 0.212. The largest absolute Gasteiger partial charge is 0.399 e. The molecular formula is C17H24N2S. The van der Waals surface area contributed by atoms with Gasteiger partial charge in [-0.25, -0.2) is 0 Å². The van der Waals surface area contributed by atoms with Gasteiger partial charge in [0.2, 0.25) is 0 Å². The van der Waals surface area contributed by atoms with Crippen molar-refractivity contribution in [2.75, 3.05) is 12.3 Å². The Kier molecular flexibility index (Phi) is 5.62. The van der Waals surface area contributed by atoms with E-state index in [0.29, 0.717) is 6.04 Å². The van der Waals surface area contributed by atoms with Gasteiger partial charge >= 0.3 is 0 Å². The Labute approximate surface area is 126 Å². The lowest BCUT2D eigenvalue weighted by atomic mass is 10.1. The van der Waals surface area contributed by atoms with Gasteiger partial charge in [0.05, 0.1) is 0 Å². The first-order chi connectivity index (χ1) is 9.65. The van der Waals surface area contributed by atoms with E-state index in [1.165, 1.54) is 16.9 Å². The first-order valence-corrected chi connectivity index (χ1v) is 8.14. The molecule has 0 aliphatic heterocycles. The van der Waals surface area contributed by atoms with Crippen LogP contribution in [0.3, 0.4) is 0 Å². The molecular weight excluding hydrogens is 264 g/mol. The highest BCUT2D eigenvalue weighted by atomic mass is 32.1. The van der Waals surface area contributed by atoms with Gasteiger partial charge in [-0.15, -0.1) is 11.3 Å². The van der Waals surface area contributed by atoms with Crippen molar-refractivity contribution in [1.29, 1.82) is 0 Å². The van der Waals surface area contributed by atoms with Gasteiger partial charge in [-0.2, -0.15) is 0 Å². The number of thiophene rings is 1. The van der Waals surface area contributed by atoms with Gasteiger partial charge < -0.3 is 5.73 Å². The molecule has 1 aromatic heterocycles. The highest BCUT2D eigenvalue weighted by molar-refractivity contribution is 7.09. The van der Waals surface area contributed by atoms with Crippen LogP contribution < -0.4 is 5.73 Å². The van der Waals surface area contributed by atoms with Gasteiger partial charge in [-0.3, -0.25) is 4.90 Å². The van der Waals surface area contributed by atoms with Gasteiger partial charge in [-0.1, -0.05) is 18.2 Å². The number of rotatable bonds is 7. The zero-order chi connectivity index (χ0) is 14.4. The summed E-state index contributed by atoms with van der Waals surface area (Å²) in [6.07, 6.45) is 2.27. The second kappa shape index (κ2) is 7.46. The average Bonchev–Trinajstić information content (AvgIpc) is 2.90. The number of hydrogen-bond donors (Lipinski definition) is 1. The molecule has 0 spiro atoms. The lowest BCUT2D eigenvalue weighted by Crippen LogP contribution is -2.31. The molecule has 0 aliphatic carbocycles. The first-order valence-electron chi connectivity index (χ1n) is 7.26. The van der Waals surface area contributed by atoms with E-state index in [-0.39, 0.29) is 0 Å². The van der Waals surface area contributed by atoms with Crippen LogP contribution in [0.25, 0.3) is 0 Å². The molecule has 0 atom stereocenters. The Hall–Kier alpha value is -1.32. The van der Waals surface area contributed by atoms with E-state index in [1.807, 2.05) is 23.5 Å². The van der Waals surface area contributed by atoms with Crippen LogP contribution in [0.2, 0.25) is 0 Å². The molecule has 2 aromatic rings. The third kappa shape index (κ3) is 4.66. The van der Waals surface area contributed by atoms with Crippen molar-refractivity contribution < 1.29 is 0 Å². The number of nitrogens with two attached hydrogens (primary N) is 1. The maximum atomic E-state index is 5.82. The predicted molar refractivity (Wildman–Crippen MR) is 89.0 cm³/mol. The van der Waals surface area contributed by atoms with Crippen molar-refractivity contribution in [3.63, 3.8) is 0 Å². The maximum absolute atomic E-state index is 5.82. The van der Waals surface area contributed by atoms with Crippen LogP contribution in [0.15, 0.2) is 41.8 Å². The van der Waals surface area contributed by atoms with Crippen molar-refractivity contribution in [3.8, 4) is 0 Å². The summed E-state index contributed by atoms with van der Waals surface area (Å²) < 4.78 is 0. The number of nitrogens with zero attached hydrogens (tertiary/aromatic N) is 1. The summed E-state index contributed by atoms with van der Waals surface area (Å²) in [6, 6.07) is 13.2. The van der Waals surface area contributed by atoms with E-state index in [1.54, 1.807) is 0 Å². The van der Waals surface area contributed by atoms with Crippen molar-refractivity contribution in [3.05, 3.63) is 52.2 Å². The minimum atomic E-state index is 0.581. The fraction of sp³-hybridized carbons (Fsp3) is 0.412. The van der Waals surface area contributed by atoms with Gasteiger partial charge in [0.25, 0.3) is 0 Å². The van der Waals surface area contributed by atoms with Crippen LogP contribution in [0, 0.1) is 0 Å². The van der Waals surface area contributed by atoms with Crippen LogP contribution in [0.1, 0.15) is 30.7 Å². The van der Waals surface area contributed by atoms with E-state index in [0.717, 1.165) is 25.2 Å². The number of nitrogen functional groups attached to an aromatic ring is 1. The Balaban J connectivity index is 1.83. The molecule has 0 amide bonds. The summed E-state index contributed by atoms with van der Waals surface area (Å²) in [7, 11) is 0. The molecule has 20 heavy (non-hydrogen) atoms. The second-order valence-electron chi connectivity index (χ2n) is 5.49. The predicted octanol–water partition coefficient (Wildman–Crippen LogP) is 4.17.